The topological polar surface area (TPSA) is 102 Å². The highest BCUT2D eigenvalue weighted by molar-refractivity contribution is 6.28. The Balaban J connectivity index is 1.42. The first-order valence-corrected chi connectivity index (χ1v) is 11.3. The van der Waals surface area contributed by atoms with Crippen LogP contribution < -0.4 is 5.32 Å². The molecule has 0 saturated carbocycles. The normalized spacial score (nSPS) is 17.4. The first kappa shape index (κ1) is 21.9. The van der Waals surface area contributed by atoms with E-state index in [1.807, 2.05) is 47.0 Å². The van der Waals surface area contributed by atoms with Crippen LogP contribution in [0.15, 0.2) is 79.1 Å². The number of nitrogens with one attached hydrogen (secondary N) is 1. The highest BCUT2D eigenvalue weighted by Crippen LogP contribution is 2.31. The van der Waals surface area contributed by atoms with Crippen molar-refractivity contribution in [2.75, 3.05) is 11.9 Å². The van der Waals surface area contributed by atoms with E-state index in [0.717, 1.165) is 0 Å². The lowest BCUT2D eigenvalue weighted by Crippen LogP contribution is -2.16. The van der Waals surface area contributed by atoms with Gasteiger partial charge in [-0.3, -0.25) is 0 Å². The number of anilines is 1. The zero-order valence-electron chi connectivity index (χ0n) is 18.1. The average molecular weight is 476 g/mol. The van der Waals surface area contributed by atoms with Gasteiger partial charge in [0.25, 0.3) is 0 Å². The fourth-order valence-electron chi connectivity index (χ4n) is 4.32. The van der Waals surface area contributed by atoms with Gasteiger partial charge in [-0.05, 0) is 28.8 Å². The lowest BCUT2D eigenvalue weighted by Gasteiger charge is -2.19. The minimum absolute atomic E-state index is 0.0972. The summed E-state index contributed by atoms with van der Waals surface area (Å²) in [5.41, 5.74) is 3.54. The first-order valence-electron chi connectivity index (χ1n) is 10.9. The van der Waals surface area contributed by atoms with Gasteiger partial charge in [0.1, 0.15) is 6.10 Å². The Kier molecular flexibility index (Phi) is 6.14. The van der Waals surface area contributed by atoms with Crippen molar-refractivity contribution in [2.24, 2.45) is 0 Å². The average Bonchev–Trinajstić information content (AvgIpc) is 3.47. The molecule has 0 spiro atoms. The van der Waals surface area contributed by atoms with E-state index in [9.17, 15) is 4.79 Å². The second kappa shape index (κ2) is 9.52. The maximum absolute atomic E-state index is 10.9. The molecular weight excluding hydrogens is 454 g/mol. The molecule has 0 aliphatic heterocycles. The van der Waals surface area contributed by atoms with Crippen LogP contribution in [0.25, 0.3) is 11.2 Å². The van der Waals surface area contributed by atoms with Crippen LogP contribution in [0.1, 0.15) is 29.5 Å². The zero-order chi connectivity index (χ0) is 23.5. The minimum Gasteiger partial charge on any atom is -0.450 e. The summed E-state index contributed by atoms with van der Waals surface area (Å²) in [7, 11) is 0. The highest BCUT2D eigenvalue weighted by Gasteiger charge is 2.26. The number of carboxylic acid groups (broad SMARTS) is 1. The van der Waals surface area contributed by atoms with E-state index in [1.165, 1.54) is 11.1 Å². The molecule has 0 fully saturated rings. The van der Waals surface area contributed by atoms with Crippen molar-refractivity contribution in [3.05, 3.63) is 95.6 Å². The number of rotatable bonds is 7. The monoisotopic (exact) mass is 475 g/mol. The third kappa shape index (κ3) is 4.58. The molecule has 4 aromatic rings. The summed E-state index contributed by atoms with van der Waals surface area (Å²) in [5, 5.41) is 12.4. The Hall–Kier alpha value is -3.91. The summed E-state index contributed by atoms with van der Waals surface area (Å²) in [5.74, 6) is 0.644. The van der Waals surface area contributed by atoms with Gasteiger partial charge in [0.05, 0.1) is 12.4 Å². The van der Waals surface area contributed by atoms with Crippen LogP contribution in [0.3, 0.4) is 0 Å². The van der Waals surface area contributed by atoms with Crippen molar-refractivity contribution in [1.29, 1.82) is 0 Å². The van der Waals surface area contributed by atoms with Crippen molar-refractivity contribution < 1.29 is 14.6 Å². The van der Waals surface area contributed by atoms with Crippen molar-refractivity contribution in [2.45, 2.75) is 24.5 Å². The Morgan fingerprint density at radius 3 is 2.41 bits per heavy atom. The molecule has 5 rings (SSSR count). The summed E-state index contributed by atoms with van der Waals surface area (Å²) in [4.78, 5) is 24.2. The van der Waals surface area contributed by atoms with Gasteiger partial charge in [0.2, 0.25) is 5.28 Å². The molecule has 9 heteroatoms. The van der Waals surface area contributed by atoms with Gasteiger partial charge in [-0.2, -0.15) is 9.97 Å². The van der Waals surface area contributed by atoms with Crippen molar-refractivity contribution in [3.8, 4) is 0 Å². The molecule has 8 nitrogen and oxygen atoms in total. The number of hydrogen-bond acceptors (Lipinski definition) is 6. The Morgan fingerprint density at radius 1 is 1.09 bits per heavy atom. The number of allylic oxidation sites excluding steroid dienone is 1. The van der Waals surface area contributed by atoms with E-state index >= 15 is 0 Å². The van der Waals surface area contributed by atoms with E-state index in [2.05, 4.69) is 44.5 Å². The Labute approximate surface area is 200 Å². The third-order valence-electron chi connectivity index (χ3n) is 5.90. The fraction of sp³-hybridized carbons (Fsp3) is 0.200. The predicted molar refractivity (Wildman–Crippen MR) is 129 cm³/mol. The van der Waals surface area contributed by atoms with Crippen LogP contribution in [0.2, 0.25) is 5.28 Å². The molecular formula is C25H22ClN5O3. The van der Waals surface area contributed by atoms with E-state index in [-0.39, 0.29) is 17.2 Å². The molecule has 0 bridgehead atoms. The summed E-state index contributed by atoms with van der Waals surface area (Å²) >= 11 is 6.28. The summed E-state index contributed by atoms with van der Waals surface area (Å²) in [6.45, 7) is 0.585. The molecule has 0 saturated heterocycles. The highest BCUT2D eigenvalue weighted by atomic mass is 35.5. The van der Waals surface area contributed by atoms with Crippen LogP contribution in [-0.2, 0) is 4.74 Å². The molecule has 2 heterocycles. The van der Waals surface area contributed by atoms with Crippen LogP contribution in [0.5, 0.6) is 0 Å². The first-order chi connectivity index (χ1) is 16.6. The van der Waals surface area contributed by atoms with E-state index in [4.69, 9.17) is 21.4 Å². The molecule has 34 heavy (non-hydrogen) atoms. The van der Waals surface area contributed by atoms with E-state index < -0.39 is 12.3 Å². The van der Waals surface area contributed by atoms with Crippen molar-refractivity contribution in [3.63, 3.8) is 0 Å². The molecule has 2 N–H and O–H groups in total. The zero-order valence-corrected chi connectivity index (χ0v) is 18.8. The number of halogens is 1. The number of aromatic nitrogens is 4. The van der Waals surface area contributed by atoms with Crippen molar-refractivity contribution in [1.82, 2.24) is 19.5 Å². The summed E-state index contributed by atoms with van der Waals surface area (Å²) < 4.78 is 6.74. The number of benzene rings is 2. The fourth-order valence-corrected chi connectivity index (χ4v) is 4.49. The second-order valence-corrected chi connectivity index (χ2v) is 8.37. The predicted octanol–water partition coefficient (Wildman–Crippen LogP) is 5.29. The standard InChI is InChI=1S/C25H22ClN5O3/c26-24-29-22(27-14-20(16-7-3-1-4-8-16)17-9-5-2-6-10-17)21-23(30-24)31(15-28-21)18-11-12-19(13-18)34-25(32)33/h1-12,15,18-20H,13-14H2,(H,32,33)(H,27,29,30)/t18-,19+/m0/s1. The molecule has 2 atom stereocenters. The van der Waals surface area contributed by atoms with Gasteiger partial charge in [0, 0.05) is 18.9 Å². The molecule has 1 aliphatic carbocycles. The molecule has 2 aromatic carbocycles. The smallest absolute Gasteiger partial charge is 0.450 e. The summed E-state index contributed by atoms with van der Waals surface area (Å²) in [6, 6.07) is 20.4. The molecule has 172 valence electrons. The van der Waals surface area contributed by atoms with Gasteiger partial charge in [-0.25, -0.2) is 9.78 Å². The number of fused-ring (bicyclic) bond motifs is 1. The van der Waals surface area contributed by atoms with Crippen LogP contribution in [0, 0.1) is 0 Å². The molecule has 2 aromatic heterocycles. The van der Waals surface area contributed by atoms with Gasteiger partial charge < -0.3 is 19.7 Å². The van der Waals surface area contributed by atoms with Crippen LogP contribution in [0.4, 0.5) is 10.6 Å². The SMILES string of the molecule is O=C(O)O[C@@H]1C=C[C@H](n2cnc3c(NCC(c4ccccc4)c4ccccc4)nc(Cl)nc32)C1. The molecule has 0 unspecified atom stereocenters. The minimum atomic E-state index is -1.30. The van der Waals surface area contributed by atoms with Gasteiger partial charge in [-0.15, -0.1) is 0 Å². The molecule has 0 amide bonds. The number of imidazole rings is 1. The molecule has 0 radical (unpaired) electrons. The molecule has 1 aliphatic rings. The summed E-state index contributed by atoms with van der Waals surface area (Å²) in [6.07, 6.45) is 3.95. The van der Waals surface area contributed by atoms with Crippen LogP contribution in [-0.4, -0.2) is 43.4 Å². The second-order valence-electron chi connectivity index (χ2n) is 8.03. The Morgan fingerprint density at radius 2 is 1.76 bits per heavy atom. The largest absolute Gasteiger partial charge is 0.506 e. The van der Waals surface area contributed by atoms with Crippen molar-refractivity contribution >= 4 is 34.7 Å². The maximum Gasteiger partial charge on any atom is 0.506 e. The lowest BCUT2D eigenvalue weighted by molar-refractivity contribution is 0.0667. The number of nitrogens with zero attached hydrogens (tertiary/aromatic N) is 4. The number of hydrogen-bond donors (Lipinski definition) is 2. The van der Waals surface area contributed by atoms with Gasteiger partial charge in [-0.1, -0.05) is 66.7 Å². The van der Waals surface area contributed by atoms with Crippen LogP contribution >= 0.6 is 11.6 Å². The number of carbonyl (C=O) groups is 1. The maximum atomic E-state index is 10.9. The van der Waals surface area contributed by atoms with E-state index in [1.54, 1.807) is 12.4 Å². The third-order valence-corrected chi connectivity index (χ3v) is 6.07. The lowest BCUT2D eigenvalue weighted by atomic mass is 9.91. The Bertz CT molecular complexity index is 1290. The van der Waals surface area contributed by atoms with Gasteiger partial charge in [0.15, 0.2) is 17.0 Å². The van der Waals surface area contributed by atoms with E-state index in [0.29, 0.717) is 29.9 Å². The number of ether oxygens (including phenoxy) is 1. The van der Waals surface area contributed by atoms with Gasteiger partial charge >= 0.3 is 6.16 Å². The quantitative estimate of drug-likeness (QED) is 0.213.